The largest absolute Gasteiger partial charge is 0.370 e. The molecule has 0 amide bonds. The molecule has 3 nitrogen and oxygen atoms in total. The van der Waals surface area contributed by atoms with Gasteiger partial charge < -0.3 is 10.6 Å². The minimum absolute atomic E-state index is 0.540. The first-order valence-corrected chi connectivity index (χ1v) is 6.33. The normalized spacial score (nSPS) is 25.0. The van der Waals surface area contributed by atoms with Crippen LogP contribution in [0.25, 0.3) is 0 Å². The van der Waals surface area contributed by atoms with Crippen molar-refractivity contribution in [3.05, 3.63) is 0 Å². The lowest BCUT2D eigenvalue weighted by Gasteiger charge is -2.28. The maximum atomic E-state index is 6.02. The fraction of sp³-hybridized carbons (Fsp3) is 0.917. The molecule has 2 N–H and O–H groups in total. The summed E-state index contributed by atoms with van der Waals surface area (Å²) in [4.78, 5) is 6.73. The van der Waals surface area contributed by atoms with Crippen LogP contribution in [0.2, 0.25) is 0 Å². The van der Waals surface area contributed by atoms with Crippen LogP contribution in [0, 0.1) is 0 Å². The van der Waals surface area contributed by atoms with Gasteiger partial charge in [-0.2, -0.15) is 0 Å². The van der Waals surface area contributed by atoms with Gasteiger partial charge in [0.1, 0.15) is 0 Å². The lowest BCUT2D eigenvalue weighted by molar-refractivity contribution is 0.326. The first-order chi connectivity index (χ1) is 7.27. The molecule has 0 radical (unpaired) electrons. The van der Waals surface area contributed by atoms with Crippen LogP contribution in [-0.4, -0.2) is 30.0 Å². The molecule has 0 heterocycles. The highest BCUT2D eigenvalue weighted by Crippen LogP contribution is 2.25. The van der Waals surface area contributed by atoms with Gasteiger partial charge in [0.15, 0.2) is 5.96 Å². The second kappa shape index (κ2) is 4.86. The van der Waals surface area contributed by atoms with E-state index in [1.54, 1.807) is 0 Å². The lowest BCUT2D eigenvalue weighted by atomic mass is 10.1. The number of hydrogen-bond donors (Lipinski definition) is 1. The molecule has 0 spiro atoms. The highest BCUT2D eigenvalue weighted by Gasteiger charge is 2.23. The van der Waals surface area contributed by atoms with E-state index in [-0.39, 0.29) is 0 Å². The summed E-state index contributed by atoms with van der Waals surface area (Å²) in [5, 5.41) is 0. The van der Waals surface area contributed by atoms with E-state index in [1.807, 2.05) is 0 Å². The number of nitrogens with zero attached hydrogens (tertiary/aromatic N) is 2. The standard InChI is InChI=1S/C12H23N3/c1-15(12(13)14-10-8-9-10)11-6-4-2-3-5-7-11/h10-11H,2-9H2,1H3,(H2,13,14). The van der Waals surface area contributed by atoms with Crippen LogP contribution in [0.5, 0.6) is 0 Å². The molecule has 0 aromatic rings. The molecule has 0 saturated heterocycles. The van der Waals surface area contributed by atoms with Crippen LogP contribution in [0.4, 0.5) is 0 Å². The molecule has 0 aromatic carbocycles. The van der Waals surface area contributed by atoms with E-state index < -0.39 is 0 Å². The van der Waals surface area contributed by atoms with Crippen molar-refractivity contribution in [2.24, 2.45) is 10.7 Å². The van der Waals surface area contributed by atoms with Gasteiger partial charge in [0.2, 0.25) is 0 Å². The Kier molecular flexibility index (Phi) is 3.49. The second-order valence-corrected chi connectivity index (χ2v) is 4.97. The Labute approximate surface area is 92.7 Å². The number of rotatable bonds is 2. The predicted octanol–water partition coefficient (Wildman–Crippen LogP) is 2.12. The van der Waals surface area contributed by atoms with Crippen molar-refractivity contribution in [2.75, 3.05) is 7.05 Å². The maximum absolute atomic E-state index is 6.02. The molecule has 15 heavy (non-hydrogen) atoms. The molecule has 2 aliphatic carbocycles. The summed E-state index contributed by atoms with van der Waals surface area (Å²) in [5.74, 6) is 0.768. The number of hydrogen-bond acceptors (Lipinski definition) is 1. The van der Waals surface area contributed by atoms with Gasteiger partial charge in [-0.1, -0.05) is 25.7 Å². The Bertz CT molecular complexity index is 225. The second-order valence-electron chi connectivity index (χ2n) is 4.97. The first-order valence-electron chi connectivity index (χ1n) is 6.33. The van der Waals surface area contributed by atoms with Crippen LogP contribution in [0.15, 0.2) is 4.99 Å². The quantitative estimate of drug-likeness (QED) is 0.430. The summed E-state index contributed by atoms with van der Waals surface area (Å²) in [5.41, 5.74) is 6.02. The van der Waals surface area contributed by atoms with Crippen molar-refractivity contribution >= 4 is 5.96 Å². The Balaban J connectivity index is 1.89. The zero-order chi connectivity index (χ0) is 10.7. The van der Waals surface area contributed by atoms with E-state index in [2.05, 4.69) is 16.9 Å². The summed E-state index contributed by atoms with van der Waals surface area (Å²) >= 11 is 0. The third-order valence-electron chi connectivity index (χ3n) is 3.60. The average Bonchev–Trinajstić information content (AvgIpc) is 3.01. The van der Waals surface area contributed by atoms with Crippen LogP contribution in [-0.2, 0) is 0 Å². The Morgan fingerprint density at radius 3 is 2.20 bits per heavy atom. The molecule has 2 fully saturated rings. The van der Waals surface area contributed by atoms with Gasteiger partial charge in [0.05, 0.1) is 6.04 Å². The zero-order valence-electron chi connectivity index (χ0n) is 9.78. The monoisotopic (exact) mass is 209 g/mol. The molecule has 86 valence electrons. The first kappa shape index (κ1) is 10.8. The summed E-state index contributed by atoms with van der Waals surface area (Å²) in [6.45, 7) is 0. The van der Waals surface area contributed by atoms with Crippen molar-refractivity contribution in [1.82, 2.24) is 4.90 Å². The molecule has 0 bridgehead atoms. The van der Waals surface area contributed by atoms with Crippen molar-refractivity contribution in [3.8, 4) is 0 Å². The van der Waals surface area contributed by atoms with Crippen LogP contribution in [0.1, 0.15) is 51.4 Å². The molecule has 2 aliphatic rings. The van der Waals surface area contributed by atoms with Gasteiger partial charge in [-0.15, -0.1) is 0 Å². The van der Waals surface area contributed by atoms with E-state index in [0.29, 0.717) is 12.1 Å². The molecule has 0 atom stereocenters. The fourth-order valence-electron chi connectivity index (χ4n) is 2.31. The third kappa shape index (κ3) is 3.11. The summed E-state index contributed by atoms with van der Waals surface area (Å²) in [6, 6.07) is 1.17. The van der Waals surface area contributed by atoms with Crippen LogP contribution < -0.4 is 5.73 Å². The van der Waals surface area contributed by atoms with Gasteiger partial charge >= 0.3 is 0 Å². The van der Waals surface area contributed by atoms with Crippen LogP contribution in [0.3, 0.4) is 0 Å². The lowest BCUT2D eigenvalue weighted by Crippen LogP contribution is -2.41. The van der Waals surface area contributed by atoms with Gasteiger partial charge in [-0.25, -0.2) is 4.99 Å². The third-order valence-corrected chi connectivity index (χ3v) is 3.60. The summed E-state index contributed by atoms with van der Waals surface area (Å²) in [7, 11) is 2.11. The fourth-order valence-corrected chi connectivity index (χ4v) is 2.31. The average molecular weight is 209 g/mol. The summed E-state index contributed by atoms with van der Waals surface area (Å²) in [6.07, 6.45) is 10.5. The predicted molar refractivity (Wildman–Crippen MR) is 63.9 cm³/mol. The topological polar surface area (TPSA) is 41.6 Å². The number of guanidine groups is 1. The van der Waals surface area contributed by atoms with E-state index in [0.717, 1.165) is 5.96 Å². The van der Waals surface area contributed by atoms with E-state index in [1.165, 1.54) is 51.4 Å². The van der Waals surface area contributed by atoms with Crippen molar-refractivity contribution < 1.29 is 0 Å². The smallest absolute Gasteiger partial charge is 0.191 e. The van der Waals surface area contributed by atoms with Crippen molar-refractivity contribution in [3.63, 3.8) is 0 Å². The zero-order valence-corrected chi connectivity index (χ0v) is 9.78. The van der Waals surface area contributed by atoms with Gasteiger partial charge in [-0.3, -0.25) is 0 Å². The number of aliphatic imine (C=N–C) groups is 1. The van der Waals surface area contributed by atoms with Crippen LogP contribution >= 0.6 is 0 Å². The molecule has 0 aromatic heterocycles. The molecular weight excluding hydrogens is 186 g/mol. The molecule has 2 rings (SSSR count). The minimum Gasteiger partial charge on any atom is -0.370 e. The number of nitrogens with two attached hydrogens (primary N) is 1. The molecule has 2 saturated carbocycles. The Morgan fingerprint density at radius 2 is 1.67 bits per heavy atom. The van der Waals surface area contributed by atoms with E-state index >= 15 is 0 Å². The highest BCUT2D eigenvalue weighted by atomic mass is 15.3. The van der Waals surface area contributed by atoms with Crippen molar-refractivity contribution in [1.29, 1.82) is 0 Å². The molecule has 3 heteroatoms. The van der Waals surface area contributed by atoms with Gasteiger partial charge in [-0.05, 0) is 25.7 Å². The Morgan fingerprint density at radius 1 is 1.07 bits per heavy atom. The van der Waals surface area contributed by atoms with E-state index in [9.17, 15) is 0 Å². The highest BCUT2D eigenvalue weighted by molar-refractivity contribution is 5.78. The van der Waals surface area contributed by atoms with Crippen molar-refractivity contribution in [2.45, 2.75) is 63.5 Å². The molecular formula is C12H23N3. The van der Waals surface area contributed by atoms with E-state index in [4.69, 9.17) is 5.73 Å². The summed E-state index contributed by atoms with van der Waals surface area (Å²) < 4.78 is 0. The Hall–Kier alpha value is -0.730. The maximum Gasteiger partial charge on any atom is 0.191 e. The minimum atomic E-state index is 0.540. The van der Waals surface area contributed by atoms with Gasteiger partial charge in [0, 0.05) is 13.1 Å². The SMILES string of the molecule is CN(C(N)=NC1CC1)C1CCCCCC1. The molecule has 0 aliphatic heterocycles. The molecule has 0 unspecified atom stereocenters. The van der Waals surface area contributed by atoms with Gasteiger partial charge in [0.25, 0.3) is 0 Å².